The molecule has 0 unspecified atom stereocenters. The van der Waals surface area contributed by atoms with Crippen molar-refractivity contribution in [2.75, 3.05) is 39.2 Å². The smallest absolute Gasteiger partial charge is 0.352 e. The van der Waals surface area contributed by atoms with Crippen LogP contribution in [0.25, 0.3) is 0 Å². The van der Waals surface area contributed by atoms with Crippen LogP contribution in [-0.2, 0) is 25.8 Å². The van der Waals surface area contributed by atoms with Crippen LogP contribution in [0.4, 0.5) is 5.13 Å². The van der Waals surface area contributed by atoms with E-state index in [9.17, 15) is 19.5 Å². The van der Waals surface area contributed by atoms with E-state index in [-0.39, 0.29) is 22.4 Å². The minimum atomic E-state index is -1.21. The van der Waals surface area contributed by atoms with Gasteiger partial charge < -0.3 is 25.5 Å². The number of aromatic nitrogens is 3. The Morgan fingerprint density at radius 3 is 2.84 bits per heavy atom. The van der Waals surface area contributed by atoms with Crippen molar-refractivity contribution in [1.82, 2.24) is 24.6 Å². The molecule has 0 bridgehead atoms. The van der Waals surface area contributed by atoms with Crippen molar-refractivity contribution in [3.8, 4) is 0 Å². The van der Waals surface area contributed by atoms with E-state index in [1.165, 1.54) is 23.8 Å². The fourth-order valence-electron chi connectivity index (χ4n) is 3.89. The Morgan fingerprint density at radius 2 is 2.22 bits per heavy atom. The summed E-state index contributed by atoms with van der Waals surface area (Å²) < 4.78 is 4.59. The van der Waals surface area contributed by atoms with Crippen LogP contribution >= 0.6 is 34.6 Å². The number of hydrogen-bond donors (Lipinski definition) is 3. The van der Waals surface area contributed by atoms with Gasteiger partial charge in [-0.3, -0.25) is 14.5 Å². The number of β-lactam (4-membered cyclic amide) rings is 1. The second-order valence-electron chi connectivity index (χ2n) is 8.78. The summed E-state index contributed by atoms with van der Waals surface area (Å²) in [5, 5.41) is 17.7. The number of oxime groups is 1. The summed E-state index contributed by atoms with van der Waals surface area (Å²) in [6.07, 6.45) is 3.67. The van der Waals surface area contributed by atoms with Gasteiger partial charge in [-0.15, -0.1) is 23.1 Å². The number of carbonyl (C=O) groups excluding carboxylic acids is 2. The van der Waals surface area contributed by atoms with Gasteiger partial charge in [-0.1, -0.05) is 11.2 Å². The molecule has 37 heavy (non-hydrogen) atoms. The van der Waals surface area contributed by atoms with E-state index in [4.69, 9.17) is 10.6 Å². The molecular formula is C21H25N8O5S3+. The van der Waals surface area contributed by atoms with E-state index in [0.29, 0.717) is 22.4 Å². The molecule has 13 nitrogen and oxygen atoms in total. The third-order valence-corrected chi connectivity index (χ3v) is 8.01. The normalized spacial score (nSPS) is 20.1. The number of nitrogens with zero attached hydrogens (tertiary/aromatic N) is 6. The topological polar surface area (TPSA) is 173 Å². The Labute approximate surface area is 224 Å². The van der Waals surface area contributed by atoms with Crippen molar-refractivity contribution in [2.24, 2.45) is 5.16 Å². The van der Waals surface area contributed by atoms with Gasteiger partial charge in [0.2, 0.25) is 11.5 Å². The van der Waals surface area contributed by atoms with E-state index in [1.807, 2.05) is 11.5 Å². The zero-order valence-electron chi connectivity index (χ0n) is 20.2. The van der Waals surface area contributed by atoms with E-state index >= 15 is 0 Å². The van der Waals surface area contributed by atoms with Crippen LogP contribution in [0.2, 0.25) is 0 Å². The molecule has 196 valence electrons. The predicted molar refractivity (Wildman–Crippen MR) is 139 cm³/mol. The fraction of sp³-hybridized carbons (Fsp3) is 0.381. The molecule has 2 atom stereocenters. The summed E-state index contributed by atoms with van der Waals surface area (Å²) >= 11 is 3.79. The number of thioether (sulfide) groups is 1. The van der Waals surface area contributed by atoms with Crippen LogP contribution in [0.3, 0.4) is 0 Å². The fourth-order valence-corrected chi connectivity index (χ4v) is 6.19. The highest BCUT2D eigenvalue weighted by molar-refractivity contribution is 8.00. The number of nitrogens with one attached hydrogen (secondary N) is 1. The average molecular weight is 566 g/mol. The number of carboxylic acid groups (broad SMARTS) is 1. The van der Waals surface area contributed by atoms with Gasteiger partial charge in [-0.2, -0.15) is 9.36 Å². The quantitative estimate of drug-likeness (QED) is 0.159. The molecule has 0 radical (unpaired) electrons. The lowest BCUT2D eigenvalue weighted by molar-refractivity contribution is -0.898. The molecule has 4 heterocycles. The summed E-state index contributed by atoms with van der Waals surface area (Å²) in [7, 11) is 5.38. The highest BCUT2D eigenvalue weighted by atomic mass is 32.2. The molecule has 2 amide bonds. The first-order chi connectivity index (χ1) is 17.6. The number of hydrogen-bond acceptors (Lipinski definition) is 12. The van der Waals surface area contributed by atoms with Gasteiger partial charge in [0.05, 0.1) is 26.2 Å². The molecule has 4 rings (SSSR count). The number of aliphatic carboxylic acids is 1. The monoisotopic (exact) mass is 565 g/mol. The maximum absolute atomic E-state index is 13.0. The van der Waals surface area contributed by atoms with Crippen LogP contribution in [0, 0.1) is 0 Å². The van der Waals surface area contributed by atoms with Crippen LogP contribution in [0.1, 0.15) is 11.5 Å². The van der Waals surface area contributed by atoms with Gasteiger partial charge in [-0.25, -0.2) is 9.78 Å². The summed E-state index contributed by atoms with van der Waals surface area (Å²) in [6, 6.07) is -0.941. The first kappa shape index (κ1) is 26.7. The van der Waals surface area contributed by atoms with Gasteiger partial charge >= 0.3 is 5.97 Å². The number of likely N-dealkylation sites (N-methyl/N-ethyl adjacent to an activating group) is 1. The molecule has 2 aromatic heterocycles. The van der Waals surface area contributed by atoms with Crippen molar-refractivity contribution < 1.29 is 28.8 Å². The molecule has 2 aliphatic rings. The van der Waals surface area contributed by atoms with Gasteiger partial charge in [-0.05, 0) is 11.6 Å². The maximum Gasteiger partial charge on any atom is 0.352 e. The summed E-state index contributed by atoms with van der Waals surface area (Å²) in [6.45, 7) is 1.38. The Hall–Kier alpha value is -3.34. The lowest BCUT2D eigenvalue weighted by Crippen LogP contribution is -2.71. The van der Waals surface area contributed by atoms with Crippen molar-refractivity contribution in [3.05, 3.63) is 45.8 Å². The van der Waals surface area contributed by atoms with Gasteiger partial charge in [0.15, 0.2) is 5.13 Å². The number of nitrogen functional groups attached to an aromatic ring is 1. The Kier molecular flexibility index (Phi) is 7.91. The van der Waals surface area contributed by atoms with E-state index < -0.39 is 29.2 Å². The van der Waals surface area contributed by atoms with Gasteiger partial charge in [0.1, 0.15) is 36.5 Å². The largest absolute Gasteiger partial charge is 0.477 e. The first-order valence-corrected chi connectivity index (χ1v) is 13.7. The highest BCUT2D eigenvalue weighted by Crippen LogP contribution is 2.40. The number of nitrogens with two attached hydrogens (primary N) is 1. The van der Waals surface area contributed by atoms with Crippen molar-refractivity contribution in [2.45, 2.75) is 18.0 Å². The van der Waals surface area contributed by atoms with Crippen LogP contribution in [0.5, 0.6) is 0 Å². The summed E-state index contributed by atoms with van der Waals surface area (Å²) in [5.41, 5.74) is 8.59. The highest BCUT2D eigenvalue weighted by Gasteiger charge is 2.54. The number of thiazole rings is 1. The number of amides is 2. The molecule has 4 N–H and O–H groups in total. The molecule has 2 aromatic rings. The lowest BCUT2D eigenvalue weighted by atomic mass is 10.0. The number of fused-ring (bicyclic) bond motifs is 1. The zero-order valence-corrected chi connectivity index (χ0v) is 22.6. The number of carboxylic acids is 1. The average Bonchev–Trinajstić information content (AvgIpc) is 3.51. The first-order valence-electron chi connectivity index (χ1n) is 10.9. The van der Waals surface area contributed by atoms with Crippen molar-refractivity contribution >= 4 is 63.3 Å². The number of anilines is 1. The molecule has 1 saturated heterocycles. The van der Waals surface area contributed by atoms with E-state index in [1.54, 1.807) is 22.9 Å². The SMILES string of the molecule is CO/N=C(\C(=O)N[C@@H]1C(=O)N2C(C(=O)O)=C(/C=C/C[N+](C)(C)Cc3cscn3)CS[C@@H]12)c1nsc(N)n1. The van der Waals surface area contributed by atoms with Gasteiger partial charge in [0, 0.05) is 22.7 Å². The third-order valence-electron chi connectivity index (χ3n) is 5.53. The summed E-state index contributed by atoms with van der Waals surface area (Å²) in [5.74, 6) is -2.14. The standard InChI is InChI=1S/C21H24N8O5S3/c1-29(2,7-12-9-35-10-23-12)6-4-5-11-8-36-19-14(18(31)28(19)15(11)20(32)33)24-17(30)13(26-34-3)16-25-21(22)37-27-16/h4-5,9-10,14,19H,6-8H2,1-3H3,(H3-,22,24,25,27,30,32,33)/p+1/b5-4+,26-13-/t14-,19+/m1/s1. The number of rotatable bonds is 10. The number of carbonyl (C=O) groups is 3. The molecule has 0 spiro atoms. The summed E-state index contributed by atoms with van der Waals surface area (Å²) in [4.78, 5) is 52.1. The maximum atomic E-state index is 13.0. The van der Waals surface area contributed by atoms with Crippen molar-refractivity contribution in [1.29, 1.82) is 0 Å². The second kappa shape index (κ2) is 11.0. The third kappa shape index (κ3) is 5.82. The number of allylic oxidation sites excluding steroid dienone is 1. The lowest BCUT2D eigenvalue weighted by Gasteiger charge is -2.49. The molecule has 1 fully saturated rings. The molecule has 16 heteroatoms. The predicted octanol–water partition coefficient (Wildman–Crippen LogP) is 0.499. The Balaban J connectivity index is 1.46. The molecule has 2 aliphatic heterocycles. The minimum Gasteiger partial charge on any atom is -0.477 e. The van der Waals surface area contributed by atoms with Crippen LogP contribution in [0.15, 0.2) is 39.5 Å². The van der Waals surface area contributed by atoms with Crippen LogP contribution < -0.4 is 11.1 Å². The Morgan fingerprint density at radius 1 is 1.43 bits per heavy atom. The van der Waals surface area contributed by atoms with Gasteiger partial charge in [0.25, 0.3) is 11.8 Å². The van der Waals surface area contributed by atoms with E-state index in [2.05, 4.69) is 38.9 Å². The number of quaternary nitrogens is 1. The Bertz CT molecular complexity index is 1290. The molecular weight excluding hydrogens is 540 g/mol. The molecule has 0 aromatic carbocycles. The molecule has 0 aliphatic carbocycles. The van der Waals surface area contributed by atoms with Crippen LogP contribution in [-0.4, -0.2) is 97.2 Å². The zero-order chi connectivity index (χ0) is 26.7. The molecule has 0 saturated carbocycles. The minimum absolute atomic E-state index is 0.0311. The van der Waals surface area contributed by atoms with Crippen molar-refractivity contribution in [3.63, 3.8) is 0 Å². The second-order valence-corrected chi connectivity index (χ2v) is 11.4. The van der Waals surface area contributed by atoms with E-state index in [0.717, 1.165) is 23.8 Å².